The van der Waals surface area contributed by atoms with Gasteiger partial charge >= 0.3 is 0 Å². The number of nitrogens with one attached hydrogen (secondary N) is 1. The summed E-state index contributed by atoms with van der Waals surface area (Å²) < 4.78 is 0. The number of thiophene rings is 1. The maximum atomic E-state index is 11.7. The molecule has 0 aromatic carbocycles. The second kappa shape index (κ2) is 6.68. The first-order chi connectivity index (χ1) is 8.56. The van der Waals surface area contributed by atoms with Crippen molar-refractivity contribution in [2.75, 3.05) is 13.2 Å². The topological polar surface area (TPSA) is 69.6 Å². The molecule has 0 atom stereocenters. The van der Waals surface area contributed by atoms with E-state index in [4.69, 9.17) is 0 Å². The first kappa shape index (κ1) is 14.9. The molecular weight excluding hydrogens is 250 g/mol. The van der Waals surface area contributed by atoms with Crippen molar-refractivity contribution in [1.82, 2.24) is 5.32 Å². The van der Waals surface area contributed by atoms with E-state index in [1.54, 1.807) is 24.3 Å². The van der Waals surface area contributed by atoms with Crippen LogP contribution in [-0.2, 0) is 4.79 Å². The molecular formula is C13H19NO3S. The summed E-state index contributed by atoms with van der Waals surface area (Å²) in [5.41, 5.74) is 0.182. The zero-order valence-corrected chi connectivity index (χ0v) is 11.5. The number of aliphatic hydroxyl groups is 2. The smallest absolute Gasteiger partial charge is 0.244 e. The van der Waals surface area contributed by atoms with Gasteiger partial charge in [0, 0.05) is 11.0 Å². The van der Waals surface area contributed by atoms with Crippen LogP contribution in [0.3, 0.4) is 0 Å². The van der Waals surface area contributed by atoms with Crippen molar-refractivity contribution < 1.29 is 15.0 Å². The van der Waals surface area contributed by atoms with Crippen LogP contribution in [-0.4, -0.2) is 34.9 Å². The van der Waals surface area contributed by atoms with E-state index in [0.717, 1.165) is 10.4 Å². The number of hydrogen-bond acceptors (Lipinski definition) is 4. The Morgan fingerprint density at radius 1 is 1.50 bits per heavy atom. The Balaban J connectivity index is 2.66. The summed E-state index contributed by atoms with van der Waals surface area (Å²) in [7, 11) is 0. The Hall–Kier alpha value is -1.17. The average Bonchev–Trinajstić information content (AvgIpc) is 2.79. The van der Waals surface area contributed by atoms with Crippen LogP contribution in [0, 0.1) is 6.92 Å². The molecule has 5 heteroatoms. The van der Waals surface area contributed by atoms with Gasteiger partial charge in [-0.3, -0.25) is 4.79 Å². The van der Waals surface area contributed by atoms with E-state index in [1.807, 2.05) is 18.4 Å². The van der Waals surface area contributed by atoms with Crippen molar-refractivity contribution in [2.24, 2.45) is 0 Å². The van der Waals surface area contributed by atoms with Gasteiger partial charge in [0.2, 0.25) is 5.91 Å². The molecule has 4 nitrogen and oxygen atoms in total. The summed E-state index contributed by atoms with van der Waals surface area (Å²) in [6, 6.07) is 1.99. The van der Waals surface area contributed by atoms with E-state index in [1.165, 1.54) is 6.08 Å². The number of carbonyl (C=O) groups excluding carboxylic acids is 1. The monoisotopic (exact) mass is 269 g/mol. The molecule has 18 heavy (non-hydrogen) atoms. The van der Waals surface area contributed by atoms with Gasteiger partial charge in [-0.25, -0.2) is 0 Å². The van der Waals surface area contributed by atoms with Crippen molar-refractivity contribution in [2.45, 2.75) is 25.8 Å². The predicted octanol–water partition coefficient (Wildman–Crippen LogP) is 1.32. The van der Waals surface area contributed by atoms with Gasteiger partial charge in [0.05, 0.1) is 18.8 Å². The highest BCUT2D eigenvalue weighted by molar-refractivity contribution is 7.11. The van der Waals surface area contributed by atoms with E-state index in [9.17, 15) is 15.0 Å². The number of carbonyl (C=O) groups is 1. The number of rotatable bonds is 6. The summed E-state index contributed by atoms with van der Waals surface area (Å²) in [5, 5.41) is 23.1. The lowest BCUT2D eigenvalue weighted by atomic mass is 9.98. The van der Waals surface area contributed by atoms with Gasteiger partial charge in [-0.05, 0) is 36.4 Å². The molecule has 1 amide bonds. The summed E-state index contributed by atoms with van der Waals surface area (Å²) in [6.07, 6.45) is 3.64. The molecule has 100 valence electrons. The average molecular weight is 269 g/mol. The van der Waals surface area contributed by atoms with E-state index < -0.39 is 5.54 Å². The molecule has 0 spiro atoms. The third-order valence-corrected chi connectivity index (χ3v) is 3.94. The maximum Gasteiger partial charge on any atom is 0.244 e. The minimum atomic E-state index is -0.939. The quantitative estimate of drug-likeness (QED) is 0.682. The molecule has 1 aromatic heterocycles. The van der Waals surface area contributed by atoms with E-state index in [-0.39, 0.29) is 19.1 Å². The van der Waals surface area contributed by atoms with Crippen LogP contribution in [0.2, 0.25) is 0 Å². The molecule has 1 aromatic rings. The molecule has 3 N–H and O–H groups in total. The van der Waals surface area contributed by atoms with Crippen LogP contribution in [0.15, 0.2) is 17.5 Å². The summed E-state index contributed by atoms with van der Waals surface area (Å²) in [6.45, 7) is 3.22. The summed E-state index contributed by atoms with van der Waals surface area (Å²) in [5.74, 6) is -0.312. The number of aliphatic hydroxyl groups excluding tert-OH is 2. The lowest BCUT2D eigenvalue weighted by Gasteiger charge is -2.28. The second-order valence-electron chi connectivity index (χ2n) is 4.24. The van der Waals surface area contributed by atoms with Crippen molar-refractivity contribution >= 4 is 23.3 Å². The summed E-state index contributed by atoms with van der Waals surface area (Å²) >= 11 is 1.56. The first-order valence-corrected chi connectivity index (χ1v) is 6.71. The molecule has 0 radical (unpaired) electrons. The lowest BCUT2D eigenvalue weighted by molar-refractivity contribution is -0.119. The Labute approximate surface area is 111 Å². The SMILES string of the molecule is CCC(CO)(CO)NC(=O)/C=C/c1sccc1C. The van der Waals surface area contributed by atoms with Crippen molar-refractivity contribution in [1.29, 1.82) is 0 Å². The number of amides is 1. The zero-order valence-electron chi connectivity index (χ0n) is 10.6. The van der Waals surface area contributed by atoms with Crippen LogP contribution in [0.4, 0.5) is 0 Å². The van der Waals surface area contributed by atoms with Gasteiger partial charge < -0.3 is 15.5 Å². The summed E-state index contributed by atoms with van der Waals surface area (Å²) in [4.78, 5) is 12.8. The highest BCUT2D eigenvalue weighted by Crippen LogP contribution is 2.17. The predicted molar refractivity (Wildman–Crippen MR) is 73.4 cm³/mol. The first-order valence-electron chi connectivity index (χ1n) is 5.83. The lowest BCUT2D eigenvalue weighted by Crippen LogP contribution is -2.53. The van der Waals surface area contributed by atoms with Crippen molar-refractivity contribution in [3.8, 4) is 0 Å². The second-order valence-corrected chi connectivity index (χ2v) is 5.19. The van der Waals surface area contributed by atoms with Crippen LogP contribution >= 0.6 is 11.3 Å². The molecule has 0 saturated carbocycles. The van der Waals surface area contributed by atoms with Crippen LogP contribution in [0.25, 0.3) is 6.08 Å². The molecule has 0 fully saturated rings. The zero-order chi connectivity index (χ0) is 13.6. The third kappa shape index (κ3) is 3.66. The Kier molecular flexibility index (Phi) is 5.53. The van der Waals surface area contributed by atoms with Crippen molar-refractivity contribution in [3.63, 3.8) is 0 Å². The molecule has 0 unspecified atom stereocenters. The van der Waals surface area contributed by atoms with Gasteiger partial charge in [0.1, 0.15) is 0 Å². The largest absolute Gasteiger partial charge is 0.394 e. The van der Waals surface area contributed by atoms with Crippen LogP contribution in [0.5, 0.6) is 0 Å². The van der Waals surface area contributed by atoms with Gasteiger partial charge in [-0.1, -0.05) is 6.92 Å². The van der Waals surface area contributed by atoms with Gasteiger partial charge in [0.25, 0.3) is 0 Å². The van der Waals surface area contributed by atoms with E-state index in [0.29, 0.717) is 6.42 Å². The Morgan fingerprint density at radius 3 is 2.61 bits per heavy atom. The van der Waals surface area contributed by atoms with Crippen molar-refractivity contribution in [3.05, 3.63) is 28.0 Å². The molecule has 0 aliphatic rings. The maximum absolute atomic E-state index is 11.7. The van der Waals surface area contributed by atoms with E-state index >= 15 is 0 Å². The van der Waals surface area contributed by atoms with Crippen LogP contribution < -0.4 is 5.32 Å². The third-order valence-electron chi connectivity index (χ3n) is 2.96. The minimum Gasteiger partial charge on any atom is -0.394 e. The van der Waals surface area contributed by atoms with E-state index in [2.05, 4.69) is 5.32 Å². The van der Waals surface area contributed by atoms with Gasteiger partial charge in [-0.15, -0.1) is 11.3 Å². The molecule has 1 rings (SSSR count). The Morgan fingerprint density at radius 2 is 2.17 bits per heavy atom. The fourth-order valence-corrected chi connectivity index (χ4v) is 2.27. The standard InChI is InChI=1S/C13H19NO3S/c1-3-13(8-15,9-16)14-12(17)5-4-11-10(2)6-7-18-11/h4-7,15-16H,3,8-9H2,1-2H3,(H,14,17)/b5-4+. The highest BCUT2D eigenvalue weighted by atomic mass is 32.1. The Bertz CT molecular complexity index is 413. The highest BCUT2D eigenvalue weighted by Gasteiger charge is 2.27. The molecule has 0 aliphatic heterocycles. The normalized spacial score (nSPS) is 12.0. The number of hydrogen-bond donors (Lipinski definition) is 3. The molecule has 1 heterocycles. The number of aryl methyl sites for hydroxylation is 1. The fourth-order valence-electron chi connectivity index (χ4n) is 1.45. The van der Waals surface area contributed by atoms with Gasteiger partial charge in [-0.2, -0.15) is 0 Å². The molecule has 0 saturated heterocycles. The fraction of sp³-hybridized carbons (Fsp3) is 0.462. The molecule has 0 aliphatic carbocycles. The molecule has 0 bridgehead atoms. The van der Waals surface area contributed by atoms with Gasteiger partial charge in [0.15, 0.2) is 0 Å². The van der Waals surface area contributed by atoms with Crippen LogP contribution in [0.1, 0.15) is 23.8 Å². The minimum absolute atomic E-state index is 0.280.